The summed E-state index contributed by atoms with van der Waals surface area (Å²) < 4.78 is 0. The lowest BCUT2D eigenvalue weighted by atomic mass is 10.1. The summed E-state index contributed by atoms with van der Waals surface area (Å²) in [6.45, 7) is 0. The number of nitrogens with two attached hydrogens (primary N) is 1. The molecule has 21 heavy (non-hydrogen) atoms. The molecular weight excluding hydrogens is 308 g/mol. The van der Waals surface area contributed by atoms with E-state index < -0.39 is 5.97 Å². The molecule has 0 amide bonds. The Hall–Kier alpha value is -2.19. The zero-order valence-electron chi connectivity index (χ0n) is 10.9. The Labute approximate surface area is 128 Å². The second-order valence-corrected chi connectivity index (χ2v) is 5.88. The van der Waals surface area contributed by atoms with Gasteiger partial charge in [0.25, 0.3) is 0 Å². The molecule has 0 saturated carbocycles. The fraction of sp³-hybridized carbons (Fsp3) is 0.0769. The number of thiophene rings is 1. The molecule has 3 N–H and O–H groups in total. The van der Waals surface area contributed by atoms with Gasteiger partial charge in [-0.05, 0) is 18.4 Å². The normalized spacial score (nSPS) is 10.9. The van der Waals surface area contributed by atoms with Gasteiger partial charge in [-0.2, -0.15) is 0 Å². The Morgan fingerprint density at radius 2 is 2.19 bits per heavy atom. The largest absolute Gasteiger partial charge is 0.477 e. The number of aromatic carboxylic acids is 1. The first-order valence-corrected chi connectivity index (χ1v) is 7.94. The van der Waals surface area contributed by atoms with Crippen LogP contribution in [0, 0.1) is 0 Å². The molecule has 0 aromatic carbocycles. The number of hydrogen-bond donors (Lipinski definition) is 2. The number of carboxylic acids is 1. The maximum atomic E-state index is 11.3. The molecule has 0 fully saturated rings. The molecule has 0 unspecified atom stereocenters. The second-order valence-electron chi connectivity index (χ2n) is 4.10. The lowest BCUT2D eigenvalue weighted by Gasteiger charge is -2.04. The monoisotopic (exact) mass is 318 g/mol. The summed E-state index contributed by atoms with van der Waals surface area (Å²) >= 11 is 2.44. The highest BCUT2D eigenvalue weighted by atomic mass is 32.2. The van der Waals surface area contributed by atoms with Crippen molar-refractivity contribution >= 4 is 45.0 Å². The molecule has 3 heterocycles. The molecule has 106 valence electrons. The molecule has 6 nitrogen and oxygen atoms in total. The number of nitrogen functional groups attached to an aromatic ring is 1. The molecule has 0 aliphatic carbocycles. The summed E-state index contributed by atoms with van der Waals surface area (Å²) in [5.74, 6) is -1.06. The van der Waals surface area contributed by atoms with E-state index in [-0.39, 0.29) is 10.6 Å². The van der Waals surface area contributed by atoms with Crippen molar-refractivity contribution in [2.24, 2.45) is 0 Å². The Balaban J connectivity index is 2.39. The molecule has 0 atom stereocenters. The van der Waals surface area contributed by atoms with Crippen molar-refractivity contribution in [3.05, 3.63) is 29.3 Å². The zero-order valence-corrected chi connectivity index (χ0v) is 12.5. The number of aromatic nitrogens is 3. The maximum Gasteiger partial charge on any atom is 0.348 e. The second kappa shape index (κ2) is 5.30. The Morgan fingerprint density at radius 3 is 2.81 bits per heavy atom. The van der Waals surface area contributed by atoms with E-state index in [1.165, 1.54) is 11.8 Å². The topological polar surface area (TPSA) is 102 Å². The lowest BCUT2D eigenvalue weighted by Crippen LogP contribution is -1.99. The third-order valence-electron chi connectivity index (χ3n) is 2.85. The minimum Gasteiger partial charge on any atom is -0.477 e. The van der Waals surface area contributed by atoms with Crippen molar-refractivity contribution in [2.75, 3.05) is 12.0 Å². The fourth-order valence-corrected chi connectivity index (χ4v) is 3.30. The van der Waals surface area contributed by atoms with Crippen LogP contribution in [0.4, 0.5) is 5.69 Å². The number of thioether (sulfide) groups is 1. The summed E-state index contributed by atoms with van der Waals surface area (Å²) in [6, 6.07) is 5.45. The van der Waals surface area contributed by atoms with Gasteiger partial charge in [0.05, 0.1) is 16.8 Å². The molecular formula is C13H10N4O2S2. The Morgan fingerprint density at radius 1 is 1.38 bits per heavy atom. The summed E-state index contributed by atoms with van der Waals surface area (Å²) in [5, 5.41) is 10.3. The van der Waals surface area contributed by atoms with Crippen molar-refractivity contribution in [2.45, 2.75) is 5.16 Å². The molecule has 0 spiro atoms. The van der Waals surface area contributed by atoms with E-state index in [0.29, 0.717) is 26.8 Å². The van der Waals surface area contributed by atoms with Gasteiger partial charge in [0.15, 0.2) is 5.16 Å². The molecule has 3 aromatic rings. The number of hydrogen-bond acceptors (Lipinski definition) is 7. The SMILES string of the molecule is CSc1nc(-c2ccccn2)c2c(N)c(C(=O)O)sc2n1. The first-order chi connectivity index (χ1) is 10.1. The number of carboxylic acid groups (broad SMARTS) is 1. The third kappa shape index (κ3) is 2.32. The van der Waals surface area contributed by atoms with E-state index in [1.54, 1.807) is 12.3 Å². The van der Waals surface area contributed by atoms with Crippen molar-refractivity contribution in [1.29, 1.82) is 0 Å². The first kappa shape index (κ1) is 13.8. The quantitative estimate of drug-likeness (QED) is 0.565. The van der Waals surface area contributed by atoms with Crippen molar-refractivity contribution in [1.82, 2.24) is 15.0 Å². The van der Waals surface area contributed by atoms with Crippen LogP contribution in [-0.2, 0) is 0 Å². The lowest BCUT2D eigenvalue weighted by molar-refractivity contribution is 0.0703. The van der Waals surface area contributed by atoms with Crippen LogP contribution in [0.2, 0.25) is 0 Å². The number of pyridine rings is 1. The van der Waals surface area contributed by atoms with E-state index in [0.717, 1.165) is 11.3 Å². The van der Waals surface area contributed by atoms with Crippen molar-refractivity contribution < 1.29 is 9.90 Å². The maximum absolute atomic E-state index is 11.3. The van der Waals surface area contributed by atoms with E-state index in [1.807, 2.05) is 18.4 Å². The highest BCUT2D eigenvalue weighted by Crippen LogP contribution is 2.38. The minimum atomic E-state index is -1.06. The molecule has 0 aliphatic rings. The van der Waals surface area contributed by atoms with Crippen LogP contribution in [0.3, 0.4) is 0 Å². The minimum absolute atomic E-state index is 0.0785. The van der Waals surface area contributed by atoms with Gasteiger partial charge in [-0.1, -0.05) is 17.8 Å². The van der Waals surface area contributed by atoms with Crippen LogP contribution in [0.25, 0.3) is 21.6 Å². The van der Waals surface area contributed by atoms with Gasteiger partial charge >= 0.3 is 5.97 Å². The number of fused-ring (bicyclic) bond motifs is 1. The number of anilines is 1. The van der Waals surface area contributed by atoms with Gasteiger partial charge < -0.3 is 10.8 Å². The van der Waals surface area contributed by atoms with Crippen LogP contribution >= 0.6 is 23.1 Å². The highest BCUT2D eigenvalue weighted by molar-refractivity contribution is 7.98. The number of nitrogens with zero attached hydrogens (tertiary/aromatic N) is 3. The smallest absolute Gasteiger partial charge is 0.348 e. The Kier molecular flexibility index (Phi) is 3.48. The van der Waals surface area contributed by atoms with Gasteiger partial charge in [0.2, 0.25) is 0 Å². The molecule has 0 saturated heterocycles. The summed E-state index contributed by atoms with van der Waals surface area (Å²) in [6.07, 6.45) is 3.52. The number of rotatable bonds is 3. The predicted molar refractivity (Wildman–Crippen MR) is 83.8 cm³/mol. The molecule has 0 bridgehead atoms. The van der Waals surface area contributed by atoms with Gasteiger partial charge in [0, 0.05) is 6.20 Å². The van der Waals surface area contributed by atoms with Crippen LogP contribution in [0.1, 0.15) is 9.67 Å². The van der Waals surface area contributed by atoms with Crippen LogP contribution in [0.5, 0.6) is 0 Å². The van der Waals surface area contributed by atoms with Crippen LogP contribution < -0.4 is 5.73 Å². The molecule has 3 rings (SSSR count). The fourth-order valence-electron chi connectivity index (χ4n) is 1.94. The molecule has 0 radical (unpaired) electrons. The molecule has 0 aliphatic heterocycles. The molecule has 8 heteroatoms. The average molecular weight is 318 g/mol. The van der Waals surface area contributed by atoms with E-state index in [4.69, 9.17) is 5.73 Å². The summed E-state index contributed by atoms with van der Waals surface area (Å²) in [7, 11) is 0. The standard InChI is InChI=1S/C13H10N4O2S2/c1-20-13-16-9(6-4-2-3-5-15-6)7-8(14)10(12(18)19)21-11(7)17-13/h2-5H,14H2,1H3,(H,18,19). The number of carbonyl (C=O) groups is 1. The van der Waals surface area contributed by atoms with Crippen LogP contribution in [-0.4, -0.2) is 32.3 Å². The first-order valence-electron chi connectivity index (χ1n) is 5.90. The van der Waals surface area contributed by atoms with E-state index >= 15 is 0 Å². The van der Waals surface area contributed by atoms with Crippen molar-refractivity contribution in [3.8, 4) is 11.4 Å². The molecule has 3 aromatic heterocycles. The van der Waals surface area contributed by atoms with E-state index in [2.05, 4.69) is 15.0 Å². The highest BCUT2D eigenvalue weighted by Gasteiger charge is 2.21. The van der Waals surface area contributed by atoms with Gasteiger partial charge in [-0.3, -0.25) is 4.98 Å². The summed E-state index contributed by atoms with van der Waals surface area (Å²) in [4.78, 5) is 25.0. The van der Waals surface area contributed by atoms with Crippen molar-refractivity contribution in [3.63, 3.8) is 0 Å². The van der Waals surface area contributed by atoms with Gasteiger partial charge in [-0.15, -0.1) is 11.3 Å². The summed E-state index contributed by atoms with van der Waals surface area (Å²) in [5.41, 5.74) is 7.38. The van der Waals surface area contributed by atoms with E-state index in [9.17, 15) is 9.90 Å². The van der Waals surface area contributed by atoms with Crippen LogP contribution in [0.15, 0.2) is 29.6 Å². The zero-order chi connectivity index (χ0) is 15.0. The van der Waals surface area contributed by atoms with Gasteiger partial charge in [0.1, 0.15) is 15.4 Å². The third-order valence-corrected chi connectivity index (χ3v) is 4.49. The average Bonchev–Trinajstić information content (AvgIpc) is 2.84. The predicted octanol–water partition coefficient (Wildman–Crippen LogP) is 2.76. The Bertz CT molecular complexity index is 833. The van der Waals surface area contributed by atoms with Gasteiger partial charge in [-0.25, -0.2) is 14.8 Å².